The topological polar surface area (TPSA) is 55.4 Å². The highest BCUT2D eigenvalue weighted by Crippen LogP contribution is 2.41. The van der Waals surface area contributed by atoms with E-state index in [0.29, 0.717) is 12.2 Å². The molecule has 0 heterocycles. The zero-order valence-corrected chi connectivity index (χ0v) is 14.6. The minimum absolute atomic E-state index is 0.00274. The predicted molar refractivity (Wildman–Crippen MR) is 96.5 cm³/mol. The van der Waals surface area contributed by atoms with Crippen LogP contribution in [0.15, 0.2) is 48.5 Å². The van der Waals surface area contributed by atoms with Crippen molar-refractivity contribution in [3.05, 3.63) is 70.8 Å². The van der Waals surface area contributed by atoms with Crippen molar-refractivity contribution in [1.82, 2.24) is 5.32 Å². The number of hydrogen-bond acceptors (Lipinski definition) is 3. The number of fused-ring (bicyclic) bond motifs is 1. The van der Waals surface area contributed by atoms with Gasteiger partial charge in [-0.3, -0.25) is 4.79 Å². The Labute approximate surface area is 148 Å². The molecule has 25 heavy (non-hydrogen) atoms. The van der Waals surface area contributed by atoms with Gasteiger partial charge in [0.05, 0.1) is 18.2 Å². The van der Waals surface area contributed by atoms with Gasteiger partial charge in [-0.25, -0.2) is 4.79 Å². The summed E-state index contributed by atoms with van der Waals surface area (Å²) in [6.07, 6.45) is 1.86. The molecular formula is C21H23NO3. The highest BCUT2D eigenvalue weighted by Gasteiger charge is 2.28. The standard InChI is InChI=1S/C21H23NO3/c1-3-25-21(24)16-10-8-15(9-11-16)17-12-13-20(22-14(2)23)19-7-5-4-6-18(17)19/h4-11,17,20H,3,12-13H2,1-2H3,(H,22,23)/t17?,20-/m1/s1. The van der Waals surface area contributed by atoms with E-state index in [0.717, 1.165) is 12.8 Å². The van der Waals surface area contributed by atoms with Crippen LogP contribution in [0.3, 0.4) is 0 Å². The van der Waals surface area contributed by atoms with Crippen molar-refractivity contribution >= 4 is 11.9 Å². The molecule has 3 rings (SSSR count). The summed E-state index contributed by atoms with van der Waals surface area (Å²) in [7, 11) is 0. The summed E-state index contributed by atoms with van der Waals surface area (Å²) in [5.74, 6) is -0.0155. The molecule has 0 aromatic heterocycles. The van der Waals surface area contributed by atoms with E-state index < -0.39 is 0 Å². The van der Waals surface area contributed by atoms with Gasteiger partial charge >= 0.3 is 5.97 Å². The van der Waals surface area contributed by atoms with Crippen molar-refractivity contribution in [2.24, 2.45) is 0 Å². The maximum atomic E-state index is 11.8. The summed E-state index contributed by atoms with van der Waals surface area (Å²) in [5, 5.41) is 3.05. The Morgan fingerprint density at radius 2 is 1.72 bits per heavy atom. The molecule has 1 amide bonds. The number of amides is 1. The third kappa shape index (κ3) is 3.73. The first-order valence-electron chi connectivity index (χ1n) is 8.73. The summed E-state index contributed by atoms with van der Waals surface area (Å²) in [6, 6.07) is 16.0. The van der Waals surface area contributed by atoms with Gasteiger partial charge in [-0.1, -0.05) is 36.4 Å². The van der Waals surface area contributed by atoms with Crippen LogP contribution in [0.2, 0.25) is 0 Å². The number of rotatable bonds is 4. The third-order valence-corrected chi connectivity index (χ3v) is 4.69. The summed E-state index contributed by atoms with van der Waals surface area (Å²) >= 11 is 0. The fourth-order valence-corrected chi connectivity index (χ4v) is 3.60. The molecule has 4 heteroatoms. The lowest BCUT2D eigenvalue weighted by molar-refractivity contribution is -0.119. The zero-order valence-electron chi connectivity index (χ0n) is 14.6. The quantitative estimate of drug-likeness (QED) is 0.859. The van der Waals surface area contributed by atoms with Crippen LogP contribution in [-0.2, 0) is 9.53 Å². The molecule has 1 unspecified atom stereocenters. The van der Waals surface area contributed by atoms with Gasteiger partial charge in [0.2, 0.25) is 5.91 Å². The molecule has 2 aromatic carbocycles. The lowest BCUT2D eigenvalue weighted by Gasteiger charge is -2.32. The molecule has 0 radical (unpaired) electrons. The summed E-state index contributed by atoms with van der Waals surface area (Å²) in [6.45, 7) is 3.74. The van der Waals surface area contributed by atoms with Crippen LogP contribution < -0.4 is 5.32 Å². The largest absolute Gasteiger partial charge is 0.462 e. The van der Waals surface area contributed by atoms with Gasteiger partial charge in [-0.2, -0.15) is 0 Å². The van der Waals surface area contributed by atoms with Gasteiger partial charge in [-0.05, 0) is 48.6 Å². The van der Waals surface area contributed by atoms with E-state index in [1.54, 1.807) is 13.8 Å². The number of benzene rings is 2. The van der Waals surface area contributed by atoms with Crippen LogP contribution in [0, 0.1) is 0 Å². The van der Waals surface area contributed by atoms with Gasteiger partial charge in [-0.15, -0.1) is 0 Å². The Balaban J connectivity index is 1.88. The Hall–Kier alpha value is -2.62. The lowest BCUT2D eigenvalue weighted by Crippen LogP contribution is -2.30. The normalized spacial score (nSPS) is 19.0. The first-order chi connectivity index (χ1) is 12.1. The second kappa shape index (κ2) is 7.51. The molecule has 1 aliphatic carbocycles. The number of carbonyl (C=O) groups is 2. The van der Waals surface area contributed by atoms with Crippen molar-refractivity contribution in [2.75, 3.05) is 6.61 Å². The van der Waals surface area contributed by atoms with E-state index in [4.69, 9.17) is 4.74 Å². The van der Waals surface area contributed by atoms with Gasteiger partial charge < -0.3 is 10.1 Å². The Kier molecular flexibility index (Phi) is 5.17. The highest BCUT2D eigenvalue weighted by molar-refractivity contribution is 5.89. The van der Waals surface area contributed by atoms with E-state index in [1.807, 2.05) is 36.4 Å². The summed E-state index contributed by atoms with van der Waals surface area (Å²) < 4.78 is 5.04. The van der Waals surface area contributed by atoms with E-state index in [-0.39, 0.29) is 23.8 Å². The monoisotopic (exact) mass is 337 g/mol. The molecule has 0 bridgehead atoms. The van der Waals surface area contributed by atoms with E-state index >= 15 is 0 Å². The number of esters is 1. The van der Waals surface area contributed by atoms with E-state index in [9.17, 15) is 9.59 Å². The molecule has 1 aliphatic rings. The van der Waals surface area contributed by atoms with Crippen LogP contribution in [-0.4, -0.2) is 18.5 Å². The molecule has 0 aliphatic heterocycles. The fraction of sp³-hybridized carbons (Fsp3) is 0.333. The average molecular weight is 337 g/mol. The third-order valence-electron chi connectivity index (χ3n) is 4.69. The van der Waals surface area contributed by atoms with E-state index in [2.05, 4.69) is 17.4 Å². The smallest absolute Gasteiger partial charge is 0.338 e. The van der Waals surface area contributed by atoms with Crippen molar-refractivity contribution < 1.29 is 14.3 Å². The SMILES string of the molecule is CCOC(=O)c1ccc(C2CC[C@@H](NC(C)=O)c3ccccc32)cc1. The molecule has 4 nitrogen and oxygen atoms in total. The van der Waals surface area contributed by atoms with Crippen LogP contribution in [0.5, 0.6) is 0 Å². The Morgan fingerprint density at radius 1 is 1.04 bits per heavy atom. The van der Waals surface area contributed by atoms with Crippen molar-refractivity contribution in [2.45, 2.75) is 38.6 Å². The van der Waals surface area contributed by atoms with Crippen LogP contribution in [0.1, 0.15) is 65.7 Å². The minimum atomic E-state index is -0.288. The first kappa shape index (κ1) is 17.2. The molecule has 0 saturated heterocycles. The molecule has 0 fully saturated rings. The molecule has 0 spiro atoms. The van der Waals surface area contributed by atoms with Gasteiger partial charge in [0.15, 0.2) is 0 Å². The molecule has 1 N–H and O–H groups in total. The van der Waals surface area contributed by atoms with Gasteiger partial charge in [0, 0.05) is 12.8 Å². The number of carbonyl (C=O) groups excluding carboxylic acids is 2. The highest BCUT2D eigenvalue weighted by atomic mass is 16.5. The number of nitrogens with one attached hydrogen (secondary N) is 1. The molecule has 2 atom stereocenters. The van der Waals surface area contributed by atoms with E-state index in [1.165, 1.54) is 16.7 Å². The van der Waals surface area contributed by atoms with Crippen molar-refractivity contribution in [1.29, 1.82) is 0 Å². The van der Waals surface area contributed by atoms with Crippen LogP contribution >= 0.6 is 0 Å². The zero-order chi connectivity index (χ0) is 17.8. The maximum absolute atomic E-state index is 11.8. The number of ether oxygens (including phenoxy) is 1. The summed E-state index contributed by atoms with van der Waals surface area (Å²) in [5.41, 5.74) is 4.19. The van der Waals surface area contributed by atoms with Crippen molar-refractivity contribution in [3.8, 4) is 0 Å². The second-order valence-corrected chi connectivity index (χ2v) is 6.35. The van der Waals surface area contributed by atoms with Gasteiger partial charge in [0.1, 0.15) is 0 Å². The Bertz CT molecular complexity index is 767. The Morgan fingerprint density at radius 3 is 2.36 bits per heavy atom. The fourth-order valence-electron chi connectivity index (χ4n) is 3.60. The average Bonchev–Trinajstić information content (AvgIpc) is 2.62. The van der Waals surface area contributed by atoms with Gasteiger partial charge in [0.25, 0.3) is 0 Å². The molecular weight excluding hydrogens is 314 g/mol. The van der Waals surface area contributed by atoms with Crippen molar-refractivity contribution in [3.63, 3.8) is 0 Å². The molecule has 130 valence electrons. The van der Waals surface area contributed by atoms with Crippen LogP contribution in [0.25, 0.3) is 0 Å². The van der Waals surface area contributed by atoms with Crippen LogP contribution in [0.4, 0.5) is 0 Å². The predicted octanol–water partition coefficient (Wildman–Crippen LogP) is 3.97. The minimum Gasteiger partial charge on any atom is -0.462 e. The molecule has 2 aromatic rings. The second-order valence-electron chi connectivity index (χ2n) is 6.35. The number of hydrogen-bond donors (Lipinski definition) is 1. The maximum Gasteiger partial charge on any atom is 0.338 e. The summed E-state index contributed by atoms with van der Waals surface area (Å²) in [4.78, 5) is 23.3. The lowest BCUT2D eigenvalue weighted by atomic mass is 9.76. The molecule has 0 saturated carbocycles. The first-order valence-corrected chi connectivity index (χ1v) is 8.73.